The number of benzene rings is 1. The van der Waals surface area contributed by atoms with E-state index in [0.717, 1.165) is 16.9 Å². The van der Waals surface area contributed by atoms with Gasteiger partial charge in [0.05, 0.1) is 12.4 Å². The molecule has 1 aromatic carbocycles. The third-order valence-electron chi connectivity index (χ3n) is 3.33. The Bertz CT molecular complexity index is 713. The van der Waals surface area contributed by atoms with Crippen molar-refractivity contribution in [3.63, 3.8) is 0 Å². The zero-order valence-corrected chi connectivity index (χ0v) is 13.4. The molecule has 7 heteroatoms. The molecule has 6 nitrogen and oxygen atoms in total. The van der Waals surface area contributed by atoms with Gasteiger partial charge in [0.15, 0.2) is 0 Å². The number of hydrogen-bond acceptors (Lipinski definition) is 5. The molecule has 0 saturated carbocycles. The predicted octanol–water partition coefficient (Wildman–Crippen LogP) is 1.24. The molecule has 22 heavy (non-hydrogen) atoms. The fourth-order valence-electron chi connectivity index (χ4n) is 2.06. The van der Waals surface area contributed by atoms with Gasteiger partial charge in [-0.25, -0.2) is 23.5 Å². The highest BCUT2D eigenvalue weighted by Crippen LogP contribution is 2.16. The highest BCUT2D eigenvalue weighted by Gasteiger charge is 2.23. The van der Waals surface area contributed by atoms with Crippen LogP contribution in [-0.2, 0) is 22.9 Å². The minimum Gasteiger partial charge on any atom is -0.497 e. The summed E-state index contributed by atoms with van der Waals surface area (Å²) in [6.07, 6.45) is 3.82. The van der Waals surface area contributed by atoms with Crippen molar-refractivity contribution in [2.75, 3.05) is 7.11 Å². The number of hydrogen-bond donors (Lipinski definition) is 1. The highest BCUT2D eigenvalue weighted by atomic mass is 32.2. The molecule has 1 atom stereocenters. The van der Waals surface area contributed by atoms with E-state index in [9.17, 15) is 8.42 Å². The monoisotopic (exact) mass is 321 g/mol. The smallest absolute Gasteiger partial charge is 0.212 e. The van der Waals surface area contributed by atoms with Gasteiger partial charge in [0.2, 0.25) is 10.0 Å². The first kappa shape index (κ1) is 16.4. The molecule has 118 valence electrons. The standard InChI is InChI=1S/C15H19N3O3S/c1-11-9-17-15(18-10-11)8-14(22(16,19)20)7-12-3-5-13(21-2)6-4-12/h3-6,9-10,14H,7-8H2,1-2H3,(H2,16,19,20). The number of rotatable bonds is 6. The van der Waals surface area contributed by atoms with Crippen LogP contribution < -0.4 is 9.88 Å². The molecule has 0 saturated heterocycles. The van der Waals surface area contributed by atoms with Crippen LogP contribution >= 0.6 is 0 Å². The molecule has 1 aromatic heterocycles. The van der Waals surface area contributed by atoms with Crippen LogP contribution in [0, 0.1) is 6.92 Å². The van der Waals surface area contributed by atoms with Crippen molar-refractivity contribution in [2.24, 2.45) is 5.14 Å². The molecule has 0 aliphatic rings. The van der Waals surface area contributed by atoms with E-state index < -0.39 is 15.3 Å². The maximum absolute atomic E-state index is 11.8. The number of sulfonamides is 1. The lowest BCUT2D eigenvalue weighted by Crippen LogP contribution is -2.33. The average molecular weight is 321 g/mol. The summed E-state index contributed by atoms with van der Waals surface area (Å²) in [6, 6.07) is 7.23. The Morgan fingerprint density at radius 2 is 1.73 bits per heavy atom. The number of nitrogens with two attached hydrogens (primary N) is 1. The summed E-state index contributed by atoms with van der Waals surface area (Å²) < 4.78 is 28.7. The van der Waals surface area contributed by atoms with Gasteiger partial charge < -0.3 is 4.74 Å². The molecule has 0 radical (unpaired) electrons. The number of ether oxygens (including phenoxy) is 1. The van der Waals surface area contributed by atoms with E-state index in [-0.39, 0.29) is 6.42 Å². The second kappa shape index (κ2) is 6.85. The number of methoxy groups -OCH3 is 1. The Hall–Kier alpha value is -1.99. The quantitative estimate of drug-likeness (QED) is 0.863. The van der Waals surface area contributed by atoms with Gasteiger partial charge in [0.25, 0.3) is 0 Å². The van der Waals surface area contributed by atoms with Gasteiger partial charge in [-0.05, 0) is 36.6 Å². The lowest BCUT2D eigenvalue weighted by atomic mass is 10.1. The summed E-state index contributed by atoms with van der Waals surface area (Å²) in [4.78, 5) is 8.30. The van der Waals surface area contributed by atoms with E-state index in [1.165, 1.54) is 0 Å². The fourth-order valence-corrected chi connectivity index (χ4v) is 2.86. The maximum Gasteiger partial charge on any atom is 0.212 e. The first-order valence-corrected chi connectivity index (χ1v) is 8.41. The van der Waals surface area contributed by atoms with Crippen LogP contribution in [0.2, 0.25) is 0 Å². The Labute approximate surface area is 130 Å². The zero-order valence-electron chi connectivity index (χ0n) is 12.6. The minimum atomic E-state index is -3.70. The Morgan fingerprint density at radius 3 is 2.23 bits per heavy atom. The molecule has 0 amide bonds. The third-order valence-corrected chi connectivity index (χ3v) is 4.59. The molecule has 0 aliphatic heterocycles. The number of aryl methyl sites for hydroxylation is 1. The van der Waals surface area contributed by atoms with Crippen LogP contribution in [0.1, 0.15) is 17.0 Å². The third kappa shape index (κ3) is 4.51. The van der Waals surface area contributed by atoms with Crippen molar-refractivity contribution in [3.8, 4) is 5.75 Å². The van der Waals surface area contributed by atoms with Crippen molar-refractivity contribution < 1.29 is 13.2 Å². The van der Waals surface area contributed by atoms with Crippen molar-refractivity contribution >= 4 is 10.0 Å². The van der Waals surface area contributed by atoms with E-state index in [0.29, 0.717) is 12.2 Å². The normalized spacial score (nSPS) is 12.9. The van der Waals surface area contributed by atoms with Crippen molar-refractivity contribution in [1.29, 1.82) is 0 Å². The maximum atomic E-state index is 11.8. The lowest BCUT2D eigenvalue weighted by molar-refractivity contribution is 0.414. The lowest BCUT2D eigenvalue weighted by Gasteiger charge is -2.14. The first-order valence-electron chi connectivity index (χ1n) is 6.80. The van der Waals surface area contributed by atoms with Gasteiger partial charge in [0.1, 0.15) is 11.6 Å². The zero-order chi connectivity index (χ0) is 16.2. The van der Waals surface area contributed by atoms with E-state index in [1.807, 2.05) is 19.1 Å². The number of aromatic nitrogens is 2. The Balaban J connectivity index is 2.17. The van der Waals surface area contributed by atoms with Gasteiger partial charge in [-0.3, -0.25) is 0 Å². The van der Waals surface area contributed by atoms with Crippen LogP contribution in [0.15, 0.2) is 36.7 Å². The fraction of sp³-hybridized carbons (Fsp3) is 0.333. The second-order valence-electron chi connectivity index (χ2n) is 5.14. The largest absolute Gasteiger partial charge is 0.497 e. The van der Waals surface area contributed by atoms with E-state index in [4.69, 9.17) is 9.88 Å². The van der Waals surface area contributed by atoms with Crippen LogP contribution in [-0.4, -0.2) is 30.7 Å². The van der Waals surface area contributed by atoms with Gasteiger partial charge in [0, 0.05) is 18.8 Å². The van der Waals surface area contributed by atoms with Crippen LogP contribution in [0.3, 0.4) is 0 Å². The molecule has 2 N–H and O–H groups in total. The van der Waals surface area contributed by atoms with Crippen LogP contribution in [0.25, 0.3) is 0 Å². The molecule has 0 bridgehead atoms. The molecule has 1 heterocycles. The van der Waals surface area contributed by atoms with E-state index >= 15 is 0 Å². The summed E-state index contributed by atoms with van der Waals surface area (Å²) in [7, 11) is -2.12. The van der Waals surface area contributed by atoms with Crippen molar-refractivity contribution in [3.05, 3.63) is 53.6 Å². The molecule has 0 aliphatic carbocycles. The predicted molar refractivity (Wildman–Crippen MR) is 84.1 cm³/mol. The van der Waals surface area contributed by atoms with Crippen molar-refractivity contribution in [1.82, 2.24) is 9.97 Å². The number of nitrogens with zero attached hydrogens (tertiary/aromatic N) is 2. The molecular weight excluding hydrogens is 302 g/mol. The van der Waals surface area contributed by atoms with Gasteiger partial charge in [-0.15, -0.1) is 0 Å². The second-order valence-corrected chi connectivity index (χ2v) is 6.99. The van der Waals surface area contributed by atoms with Crippen LogP contribution in [0.5, 0.6) is 5.75 Å². The molecular formula is C15H19N3O3S. The first-order chi connectivity index (χ1) is 10.4. The minimum absolute atomic E-state index is 0.186. The molecule has 0 spiro atoms. The average Bonchev–Trinajstić information content (AvgIpc) is 2.48. The topological polar surface area (TPSA) is 95.2 Å². The van der Waals surface area contributed by atoms with Crippen LogP contribution in [0.4, 0.5) is 0 Å². The van der Waals surface area contributed by atoms with Gasteiger partial charge in [-0.1, -0.05) is 12.1 Å². The van der Waals surface area contributed by atoms with Gasteiger partial charge >= 0.3 is 0 Å². The summed E-state index contributed by atoms with van der Waals surface area (Å²) in [6.45, 7) is 1.87. The summed E-state index contributed by atoms with van der Waals surface area (Å²) in [5, 5.41) is 4.59. The van der Waals surface area contributed by atoms with E-state index in [2.05, 4.69) is 9.97 Å². The Morgan fingerprint density at radius 1 is 1.14 bits per heavy atom. The van der Waals surface area contributed by atoms with Crippen molar-refractivity contribution in [2.45, 2.75) is 25.0 Å². The summed E-state index contributed by atoms with van der Waals surface area (Å²) in [5.41, 5.74) is 1.79. The SMILES string of the molecule is COc1ccc(CC(Cc2ncc(C)cn2)S(N)(=O)=O)cc1. The molecule has 2 aromatic rings. The molecule has 2 rings (SSSR count). The summed E-state index contributed by atoms with van der Waals surface area (Å²) in [5.74, 6) is 1.19. The Kier molecular flexibility index (Phi) is 5.10. The molecule has 0 fully saturated rings. The highest BCUT2D eigenvalue weighted by molar-refractivity contribution is 7.89. The van der Waals surface area contributed by atoms with E-state index in [1.54, 1.807) is 31.6 Å². The molecule has 1 unspecified atom stereocenters. The number of primary sulfonamides is 1. The van der Waals surface area contributed by atoms with Gasteiger partial charge in [-0.2, -0.15) is 0 Å². The summed E-state index contributed by atoms with van der Waals surface area (Å²) >= 11 is 0.